The molecule has 98 valence electrons. The fourth-order valence-corrected chi connectivity index (χ4v) is 2.28. The Kier molecular flexibility index (Phi) is 5.41. The summed E-state index contributed by atoms with van der Waals surface area (Å²) in [7, 11) is 1.34. The van der Waals surface area contributed by atoms with Crippen molar-refractivity contribution in [2.45, 2.75) is 51.1 Å². The maximum Gasteiger partial charge on any atom is 0.307 e. The lowest BCUT2D eigenvalue weighted by Crippen LogP contribution is -2.37. The number of hydrogen-bond donors (Lipinski definition) is 2. The molecule has 0 radical (unpaired) electrons. The average Bonchev–Trinajstić information content (AvgIpc) is 2.63. The Morgan fingerprint density at radius 1 is 1.47 bits per heavy atom. The maximum atomic E-state index is 11.7. The summed E-state index contributed by atoms with van der Waals surface area (Å²) >= 11 is 0. The number of amides is 1. The number of rotatable bonds is 5. The van der Waals surface area contributed by atoms with Gasteiger partial charge in [0.2, 0.25) is 5.91 Å². The molecule has 1 aliphatic rings. The molecule has 0 saturated heterocycles. The summed E-state index contributed by atoms with van der Waals surface area (Å²) in [5.41, 5.74) is 5.91. The molecule has 1 saturated carbocycles. The summed E-state index contributed by atoms with van der Waals surface area (Å²) < 4.78 is 4.54. The SMILES string of the molecule is COC(=O)CC(C)NC(=O)C[C@@H]1CCC[C@H]1N. The molecule has 0 aliphatic heterocycles. The van der Waals surface area contributed by atoms with Crippen molar-refractivity contribution in [2.24, 2.45) is 11.7 Å². The van der Waals surface area contributed by atoms with Crippen molar-refractivity contribution in [2.75, 3.05) is 7.11 Å². The Morgan fingerprint density at radius 3 is 2.71 bits per heavy atom. The van der Waals surface area contributed by atoms with Gasteiger partial charge in [-0.3, -0.25) is 9.59 Å². The van der Waals surface area contributed by atoms with E-state index in [1.165, 1.54) is 7.11 Å². The van der Waals surface area contributed by atoms with Crippen LogP contribution in [0.5, 0.6) is 0 Å². The lowest BCUT2D eigenvalue weighted by Gasteiger charge is -2.17. The number of carbonyl (C=O) groups excluding carboxylic acids is 2. The molecule has 17 heavy (non-hydrogen) atoms. The number of esters is 1. The zero-order valence-corrected chi connectivity index (χ0v) is 10.6. The summed E-state index contributed by atoms with van der Waals surface area (Å²) in [5.74, 6) is -0.0422. The van der Waals surface area contributed by atoms with Crippen molar-refractivity contribution in [1.82, 2.24) is 5.32 Å². The van der Waals surface area contributed by atoms with E-state index in [0.29, 0.717) is 12.3 Å². The number of nitrogens with one attached hydrogen (secondary N) is 1. The van der Waals surface area contributed by atoms with Gasteiger partial charge in [-0.05, 0) is 25.7 Å². The van der Waals surface area contributed by atoms with Crippen LogP contribution < -0.4 is 11.1 Å². The third kappa shape index (κ3) is 4.73. The monoisotopic (exact) mass is 242 g/mol. The van der Waals surface area contributed by atoms with Gasteiger partial charge in [-0.25, -0.2) is 0 Å². The van der Waals surface area contributed by atoms with E-state index in [4.69, 9.17) is 5.73 Å². The zero-order valence-electron chi connectivity index (χ0n) is 10.6. The van der Waals surface area contributed by atoms with Crippen LogP contribution in [0.1, 0.15) is 39.0 Å². The molecule has 0 heterocycles. The molecule has 0 aromatic rings. The van der Waals surface area contributed by atoms with Gasteiger partial charge in [0.25, 0.3) is 0 Å². The molecule has 1 amide bonds. The quantitative estimate of drug-likeness (QED) is 0.691. The highest BCUT2D eigenvalue weighted by Gasteiger charge is 2.26. The third-order valence-electron chi connectivity index (χ3n) is 3.27. The Balaban J connectivity index is 2.26. The van der Waals surface area contributed by atoms with Crippen LogP contribution in [0.25, 0.3) is 0 Å². The summed E-state index contributed by atoms with van der Waals surface area (Å²) in [5, 5.41) is 2.80. The molecule has 1 aliphatic carbocycles. The maximum absolute atomic E-state index is 11.7. The number of methoxy groups -OCH3 is 1. The molecule has 0 spiro atoms. The van der Waals surface area contributed by atoms with Crippen molar-refractivity contribution < 1.29 is 14.3 Å². The van der Waals surface area contributed by atoms with Crippen molar-refractivity contribution in [3.05, 3.63) is 0 Å². The van der Waals surface area contributed by atoms with Gasteiger partial charge in [0.15, 0.2) is 0 Å². The Morgan fingerprint density at radius 2 is 2.18 bits per heavy atom. The highest BCUT2D eigenvalue weighted by molar-refractivity contribution is 5.78. The van der Waals surface area contributed by atoms with E-state index in [2.05, 4.69) is 10.1 Å². The first kappa shape index (κ1) is 14.0. The van der Waals surface area contributed by atoms with Gasteiger partial charge >= 0.3 is 5.97 Å². The minimum atomic E-state index is -0.310. The molecule has 0 aromatic carbocycles. The van der Waals surface area contributed by atoms with E-state index in [0.717, 1.165) is 19.3 Å². The highest BCUT2D eigenvalue weighted by Crippen LogP contribution is 2.26. The number of hydrogen-bond acceptors (Lipinski definition) is 4. The molecule has 3 atom stereocenters. The standard InChI is InChI=1S/C12H22N2O3/c1-8(6-12(16)17-2)14-11(15)7-9-4-3-5-10(9)13/h8-10H,3-7,13H2,1-2H3,(H,14,15)/t8?,9-,10+/m0/s1. The normalized spacial score (nSPS) is 25.4. The number of nitrogens with two attached hydrogens (primary N) is 1. The van der Waals surface area contributed by atoms with Crippen LogP contribution in [0.3, 0.4) is 0 Å². The van der Waals surface area contributed by atoms with Gasteiger partial charge in [0, 0.05) is 18.5 Å². The fourth-order valence-electron chi connectivity index (χ4n) is 2.28. The van der Waals surface area contributed by atoms with Crippen molar-refractivity contribution in [3.8, 4) is 0 Å². The van der Waals surface area contributed by atoms with E-state index in [1.54, 1.807) is 6.92 Å². The molecule has 0 bridgehead atoms. The second-order valence-electron chi connectivity index (χ2n) is 4.81. The van der Waals surface area contributed by atoms with Crippen molar-refractivity contribution in [3.63, 3.8) is 0 Å². The lowest BCUT2D eigenvalue weighted by molar-refractivity contribution is -0.141. The lowest BCUT2D eigenvalue weighted by atomic mass is 9.99. The molecule has 5 nitrogen and oxygen atoms in total. The molecule has 3 N–H and O–H groups in total. The zero-order chi connectivity index (χ0) is 12.8. The second-order valence-corrected chi connectivity index (χ2v) is 4.81. The van der Waals surface area contributed by atoms with Crippen molar-refractivity contribution >= 4 is 11.9 Å². The number of carbonyl (C=O) groups is 2. The van der Waals surface area contributed by atoms with Crippen LogP contribution in [-0.4, -0.2) is 31.1 Å². The Labute approximate surface area is 102 Å². The van der Waals surface area contributed by atoms with Gasteiger partial charge < -0.3 is 15.8 Å². The van der Waals surface area contributed by atoms with E-state index in [9.17, 15) is 9.59 Å². The summed E-state index contributed by atoms with van der Waals surface area (Å²) in [4.78, 5) is 22.7. The van der Waals surface area contributed by atoms with E-state index >= 15 is 0 Å². The average molecular weight is 242 g/mol. The molecule has 1 rings (SSSR count). The molecule has 1 unspecified atom stereocenters. The molecular formula is C12H22N2O3. The molecular weight excluding hydrogens is 220 g/mol. The minimum Gasteiger partial charge on any atom is -0.469 e. The smallest absolute Gasteiger partial charge is 0.307 e. The van der Waals surface area contributed by atoms with Gasteiger partial charge in [0.05, 0.1) is 13.5 Å². The molecule has 5 heteroatoms. The van der Waals surface area contributed by atoms with Gasteiger partial charge in [-0.15, -0.1) is 0 Å². The molecule has 0 aromatic heterocycles. The first-order valence-electron chi connectivity index (χ1n) is 6.14. The first-order chi connectivity index (χ1) is 8.02. The van der Waals surface area contributed by atoms with Crippen LogP contribution >= 0.6 is 0 Å². The first-order valence-corrected chi connectivity index (χ1v) is 6.14. The number of ether oxygens (including phenoxy) is 1. The second kappa shape index (κ2) is 6.59. The van der Waals surface area contributed by atoms with Crippen molar-refractivity contribution in [1.29, 1.82) is 0 Å². The van der Waals surface area contributed by atoms with E-state index in [-0.39, 0.29) is 30.4 Å². The largest absolute Gasteiger partial charge is 0.469 e. The summed E-state index contributed by atoms with van der Waals surface area (Å²) in [6, 6.07) is -0.0377. The van der Waals surface area contributed by atoms with Crippen LogP contribution in [0.15, 0.2) is 0 Å². The fraction of sp³-hybridized carbons (Fsp3) is 0.833. The van der Waals surface area contributed by atoms with Crippen LogP contribution in [0.4, 0.5) is 0 Å². The van der Waals surface area contributed by atoms with Crippen LogP contribution in [0, 0.1) is 5.92 Å². The van der Waals surface area contributed by atoms with E-state index < -0.39 is 0 Å². The van der Waals surface area contributed by atoms with Crippen LogP contribution in [0.2, 0.25) is 0 Å². The molecule has 1 fully saturated rings. The minimum absolute atomic E-state index is 0.0243. The van der Waals surface area contributed by atoms with Gasteiger partial charge in [0.1, 0.15) is 0 Å². The van der Waals surface area contributed by atoms with Gasteiger partial charge in [-0.1, -0.05) is 6.42 Å². The summed E-state index contributed by atoms with van der Waals surface area (Å²) in [6.45, 7) is 1.80. The topological polar surface area (TPSA) is 81.4 Å². The predicted molar refractivity (Wildman–Crippen MR) is 64.2 cm³/mol. The summed E-state index contributed by atoms with van der Waals surface area (Å²) in [6.07, 6.45) is 3.82. The highest BCUT2D eigenvalue weighted by atomic mass is 16.5. The Bertz CT molecular complexity index is 281. The predicted octanol–water partition coefficient (Wildman–Crippen LogP) is 0.572. The van der Waals surface area contributed by atoms with Gasteiger partial charge in [-0.2, -0.15) is 0 Å². The third-order valence-corrected chi connectivity index (χ3v) is 3.27. The Hall–Kier alpha value is -1.10. The van der Waals surface area contributed by atoms with Crippen LogP contribution in [-0.2, 0) is 14.3 Å². The van der Waals surface area contributed by atoms with E-state index in [1.807, 2.05) is 0 Å².